The van der Waals surface area contributed by atoms with Crippen molar-refractivity contribution in [2.45, 2.75) is 38.6 Å². The van der Waals surface area contributed by atoms with Crippen molar-refractivity contribution in [1.29, 1.82) is 0 Å². The van der Waals surface area contributed by atoms with Crippen LogP contribution in [0.15, 0.2) is 42.5 Å². The second-order valence-electron chi connectivity index (χ2n) is 8.27. The molecule has 6 nitrogen and oxygen atoms in total. The highest BCUT2D eigenvalue weighted by atomic mass is 16.5. The van der Waals surface area contributed by atoms with Crippen LogP contribution in [0.4, 0.5) is 5.69 Å². The first-order valence-corrected chi connectivity index (χ1v) is 11.0. The Morgan fingerprint density at radius 2 is 1.74 bits per heavy atom. The molecule has 0 bridgehead atoms. The van der Waals surface area contributed by atoms with E-state index in [0.29, 0.717) is 24.6 Å². The van der Waals surface area contributed by atoms with Crippen LogP contribution < -0.4 is 19.7 Å². The molecule has 1 saturated carbocycles. The fourth-order valence-corrected chi connectivity index (χ4v) is 4.82. The van der Waals surface area contributed by atoms with E-state index < -0.39 is 0 Å². The number of hydrogen-bond donors (Lipinski definition) is 1. The number of nitrogens with one attached hydrogen (secondary N) is 1. The monoisotopic (exact) mass is 422 g/mol. The molecule has 0 spiro atoms. The van der Waals surface area contributed by atoms with Crippen LogP contribution in [0.3, 0.4) is 0 Å². The Morgan fingerprint density at radius 1 is 1.00 bits per heavy atom. The van der Waals surface area contributed by atoms with Gasteiger partial charge in [-0.05, 0) is 48.6 Å². The van der Waals surface area contributed by atoms with Crippen LogP contribution in [0, 0.1) is 11.8 Å². The number of nitrogens with zero attached hydrogens (tertiary/aromatic N) is 1. The first-order chi connectivity index (χ1) is 15.1. The first-order valence-electron chi connectivity index (χ1n) is 11.0. The average Bonchev–Trinajstić information content (AvgIpc) is 3.26. The minimum atomic E-state index is -0.283. The van der Waals surface area contributed by atoms with E-state index in [2.05, 4.69) is 11.4 Å². The molecule has 0 saturated heterocycles. The SMILES string of the molecule is COc1ccc(CNC(=O)[C@@H]2CCCC[C@@H]2C(=O)N2CCc3ccccc32)cc1OC. The first kappa shape index (κ1) is 21.2. The fourth-order valence-electron chi connectivity index (χ4n) is 4.82. The molecule has 1 aliphatic carbocycles. The van der Waals surface area contributed by atoms with Crippen LogP contribution in [-0.2, 0) is 22.6 Å². The number of ether oxygens (including phenoxy) is 2. The van der Waals surface area contributed by atoms with Crippen molar-refractivity contribution < 1.29 is 19.1 Å². The molecule has 0 aromatic heterocycles. The van der Waals surface area contributed by atoms with Crippen molar-refractivity contribution in [2.75, 3.05) is 25.7 Å². The van der Waals surface area contributed by atoms with Crippen LogP contribution in [0.5, 0.6) is 11.5 Å². The third kappa shape index (κ3) is 4.38. The van der Waals surface area contributed by atoms with Gasteiger partial charge in [-0.2, -0.15) is 0 Å². The lowest BCUT2D eigenvalue weighted by Gasteiger charge is -2.32. The zero-order chi connectivity index (χ0) is 21.8. The summed E-state index contributed by atoms with van der Waals surface area (Å²) >= 11 is 0. The Bertz CT molecular complexity index is 958. The van der Waals surface area contributed by atoms with Crippen molar-refractivity contribution in [1.82, 2.24) is 5.32 Å². The highest BCUT2D eigenvalue weighted by molar-refractivity contribution is 5.99. The number of methoxy groups -OCH3 is 2. The fraction of sp³-hybridized carbons (Fsp3) is 0.440. The minimum absolute atomic E-state index is 0.0414. The van der Waals surface area contributed by atoms with E-state index in [1.165, 1.54) is 5.56 Å². The molecule has 6 heteroatoms. The summed E-state index contributed by atoms with van der Waals surface area (Å²) in [5, 5.41) is 3.05. The predicted octanol–water partition coefficient (Wildman–Crippen LogP) is 3.72. The number of hydrogen-bond acceptors (Lipinski definition) is 4. The zero-order valence-electron chi connectivity index (χ0n) is 18.2. The van der Waals surface area contributed by atoms with Crippen LogP contribution in [-0.4, -0.2) is 32.6 Å². The van der Waals surface area contributed by atoms with Crippen molar-refractivity contribution in [2.24, 2.45) is 11.8 Å². The number of amides is 2. The van der Waals surface area contributed by atoms with E-state index in [1.54, 1.807) is 14.2 Å². The predicted molar refractivity (Wildman–Crippen MR) is 119 cm³/mol. The lowest BCUT2D eigenvalue weighted by Crippen LogP contribution is -2.45. The third-order valence-corrected chi connectivity index (χ3v) is 6.49. The number of para-hydroxylation sites is 1. The molecule has 1 N–H and O–H groups in total. The average molecular weight is 423 g/mol. The van der Waals surface area contributed by atoms with Gasteiger partial charge in [-0.25, -0.2) is 0 Å². The molecular weight excluding hydrogens is 392 g/mol. The largest absolute Gasteiger partial charge is 0.493 e. The van der Waals surface area contributed by atoms with Crippen molar-refractivity contribution in [3.05, 3.63) is 53.6 Å². The maximum atomic E-state index is 13.4. The van der Waals surface area contributed by atoms with E-state index in [1.807, 2.05) is 41.3 Å². The lowest BCUT2D eigenvalue weighted by molar-refractivity contribution is -0.135. The Kier molecular flexibility index (Phi) is 6.44. The zero-order valence-corrected chi connectivity index (χ0v) is 18.2. The van der Waals surface area contributed by atoms with Gasteiger partial charge in [0.25, 0.3) is 0 Å². The van der Waals surface area contributed by atoms with Gasteiger partial charge in [0.1, 0.15) is 0 Å². The summed E-state index contributed by atoms with van der Waals surface area (Å²) in [6.07, 6.45) is 4.38. The van der Waals surface area contributed by atoms with Gasteiger partial charge in [0.05, 0.1) is 20.1 Å². The Hall–Kier alpha value is -3.02. The molecule has 1 aliphatic heterocycles. The molecule has 2 aliphatic rings. The normalized spacial score (nSPS) is 20.1. The standard InChI is InChI=1S/C25H30N2O4/c1-30-22-12-11-17(15-23(22)31-2)16-26-24(28)19-8-4-5-9-20(19)25(29)27-14-13-18-7-3-6-10-21(18)27/h3,6-7,10-12,15,19-20H,4-5,8-9,13-14,16H2,1-2H3,(H,26,28)/t19-,20+/m1/s1. The van der Waals surface area contributed by atoms with E-state index in [-0.39, 0.29) is 23.7 Å². The Morgan fingerprint density at radius 3 is 2.52 bits per heavy atom. The Labute approximate surface area is 183 Å². The molecule has 1 heterocycles. The van der Waals surface area contributed by atoms with Crippen LogP contribution >= 0.6 is 0 Å². The van der Waals surface area contributed by atoms with E-state index in [0.717, 1.165) is 43.4 Å². The summed E-state index contributed by atoms with van der Waals surface area (Å²) in [6.45, 7) is 1.10. The quantitative estimate of drug-likeness (QED) is 0.771. The molecule has 2 amide bonds. The molecular formula is C25H30N2O4. The van der Waals surface area contributed by atoms with E-state index in [9.17, 15) is 9.59 Å². The van der Waals surface area contributed by atoms with Crippen LogP contribution in [0.25, 0.3) is 0 Å². The summed E-state index contributed by atoms with van der Waals surface area (Å²) < 4.78 is 10.6. The van der Waals surface area contributed by atoms with Crippen molar-refractivity contribution in [3.8, 4) is 11.5 Å². The van der Waals surface area contributed by atoms with Gasteiger partial charge in [-0.3, -0.25) is 9.59 Å². The maximum Gasteiger partial charge on any atom is 0.230 e. The maximum absolute atomic E-state index is 13.4. The van der Waals surface area contributed by atoms with Gasteiger partial charge < -0.3 is 19.7 Å². The number of benzene rings is 2. The molecule has 1 fully saturated rings. The van der Waals surface area contributed by atoms with Crippen LogP contribution in [0.2, 0.25) is 0 Å². The highest BCUT2D eigenvalue weighted by Gasteiger charge is 2.39. The smallest absolute Gasteiger partial charge is 0.230 e. The summed E-state index contributed by atoms with van der Waals surface area (Å²) in [4.78, 5) is 28.4. The van der Waals surface area contributed by atoms with Gasteiger partial charge in [-0.15, -0.1) is 0 Å². The highest BCUT2D eigenvalue weighted by Crippen LogP contribution is 2.36. The topological polar surface area (TPSA) is 67.9 Å². The number of anilines is 1. The van der Waals surface area contributed by atoms with E-state index >= 15 is 0 Å². The van der Waals surface area contributed by atoms with Crippen molar-refractivity contribution in [3.63, 3.8) is 0 Å². The summed E-state index contributed by atoms with van der Waals surface area (Å²) in [6, 6.07) is 13.7. The van der Waals surface area contributed by atoms with E-state index in [4.69, 9.17) is 9.47 Å². The molecule has 0 radical (unpaired) electrons. The molecule has 2 atom stereocenters. The molecule has 2 aromatic carbocycles. The van der Waals surface area contributed by atoms with Crippen LogP contribution in [0.1, 0.15) is 36.8 Å². The van der Waals surface area contributed by atoms with Gasteiger partial charge in [0.2, 0.25) is 11.8 Å². The molecule has 164 valence electrons. The number of carbonyl (C=O) groups is 2. The molecule has 31 heavy (non-hydrogen) atoms. The van der Waals surface area contributed by atoms with Gasteiger partial charge >= 0.3 is 0 Å². The number of fused-ring (bicyclic) bond motifs is 1. The number of rotatable bonds is 6. The van der Waals surface area contributed by atoms with Gasteiger partial charge in [0, 0.05) is 24.7 Å². The molecule has 2 aromatic rings. The van der Waals surface area contributed by atoms with Gasteiger partial charge in [0.15, 0.2) is 11.5 Å². The second kappa shape index (κ2) is 9.41. The second-order valence-corrected chi connectivity index (χ2v) is 8.27. The van der Waals surface area contributed by atoms with Gasteiger partial charge in [-0.1, -0.05) is 37.1 Å². The molecule has 0 unspecified atom stereocenters. The minimum Gasteiger partial charge on any atom is -0.493 e. The lowest BCUT2D eigenvalue weighted by atomic mass is 9.77. The summed E-state index contributed by atoms with van der Waals surface area (Å²) in [5.74, 6) is 0.796. The summed E-state index contributed by atoms with van der Waals surface area (Å²) in [5.41, 5.74) is 3.14. The molecule has 4 rings (SSSR count). The Balaban J connectivity index is 1.44. The summed E-state index contributed by atoms with van der Waals surface area (Å²) in [7, 11) is 3.19. The number of carbonyl (C=O) groups excluding carboxylic acids is 2. The van der Waals surface area contributed by atoms with Crippen molar-refractivity contribution >= 4 is 17.5 Å². The third-order valence-electron chi connectivity index (χ3n) is 6.49.